The van der Waals surface area contributed by atoms with Crippen molar-refractivity contribution in [2.24, 2.45) is 0 Å². The Kier molecular flexibility index (Phi) is 31.2. The van der Waals surface area contributed by atoms with Gasteiger partial charge in [0.1, 0.15) is 63.6 Å². The monoisotopic (exact) mass is 2000 g/mol. The van der Waals surface area contributed by atoms with Crippen molar-refractivity contribution >= 4 is 91.8 Å². The van der Waals surface area contributed by atoms with Crippen LogP contribution in [0.15, 0.2) is 274 Å². The minimum absolute atomic E-state index is 0.0168. The average molecular weight is 2000 g/mol. The first-order valence-electron chi connectivity index (χ1n) is 47.5. The second-order valence-electron chi connectivity index (χ2n) is 33.8. The van der Waals surface area contributed by atoms with Crippen molar-refractivity contribution in [3.8, 4) is 141 Å². The Bertz CT molecular complexity index is 8780. The second-order valence-corrected chi connectivity index (χ2v) is 33.8. The number of carboxylic acids is 4. The first kappa shape index (κ1) is 101. The molecule has 1 saturated carbocycles. The first-order valence-corrected chi connectivity index (χ1v) is 47.5. The summed E-state index contributed by atoms with van der Waals surface area (Å²) in [5.74, 6) is 1.09. The quantitative estimate of drug-likeness (QED) is 0.0194. The molecular weight excluding hydrogens is 1900 g/mol. The van der Waals surface area contributed by atoms with Crippen LogP contribution in [0.5, 0.6) is 28.7 Å². The molecule has 11 aromatic heterocycles. The van der Waals surface area contributed by atoms with Crippen molar-refractivity contribution in [2.45, 2.75) is 92.6 Å². The fourth-order valence-electron chi connectivity index (χ4n) is 16.7. The highest BCUT2D eigenvalue weighted by atomic mass is 16.5. The SMILES string of the molecule is CCOc1cc(-c2cccc(/C=C(/C)C(=O)O)c2)ccc1-c1nc2nc[nH]c2c(=O)[nH]1.CCOc1cc(-c2cccc(/C=C/C(=O)O)c2)ccc1-c1nc2nc[nH]c2c(=O)[nH]1.CCOc1cc(-c2cccc(CC)c2)ccc1-c1nc2nc[nH]c2c(=O)[nH]1.CCOc1cc(-c2cccc(CCC(=O)O)c2)ccc1-c1nc2nc[nH]c2c(=O)[nH]1.O=C(O)c1ccc(-c2ccc(-c3nc4nc[nH]c4c(=O)[nH]3)c(OC3CCCC3)c2)cn1. The van der Waals surface area contributed by atoms with Crippen molar-refractivity contribution in [1.82, 2.24) is 105 Å². The summed E-state index contributed by atoms with van der Waals surface area (Å²) in [4.78, 5) is 180. The molecule has 0 atom stereocenters. The number of nitrogens with one attached hydrogen (secondary N) is 10. The third kappa shape index (κ3) is 23.9. The maximum Gasteiger partial charge on any atom is 0.354 e. The molecule has 0 amide bonds. The lowest BCUT2D eigenvalue weighted by atomic mass is 9.99. The van der Waals surface area contributed by atoms with E-state index in [1.54, 1.807) is 19.1 Å². The number of benzene rings is 9. The lowest BCUT2D eigenvalue weighted by molar-refractivity contribution is -0.137. The minimum Gasteiger partial charge on any atom is -0.493 e. The van der Waals surface area contributed by atoms with E-state index in [4.69, 9.17) is 44.1 Å². The topological polar surface area (TPSA) is 580 Å². The zero-order valence-corrected chi connectivity index (χ0v) is 81.0. The summed E-state index contributed by atoms with van der Waals surface area (Å²) in [6.07, 6.45) is 18.8. The van der Waals surface area contributed by atoms with Gasteiger partial charge in [0, 0.05) is 29.8 Å². The number of H-pyrrole nitrogens is 10. The number of fused-ring (bicyclic) bond motifs is 5. The summed E-state index contributed by atoms with van der Waals surface area (Å²) in [7, 11) is 0. The summed E-state index contributed by atoms with van der Waals surface area (Å²) in [5.41, 5.74) is 18.5. The molecule has 21 rings (SSSR count). The number of pyridine rings is 1. The molecule has 0 saturated heterocycles. The van der Waals surface area contributed by atoms with Crippen molar-refractivity contribution in [2.75, 3.05) is 26.4 Å². The van der Waals surface area contributed by atoms with Gasteiger partial charge in [-0.15, -0.1) is 0 Å². The molecule has 1 aliphatic rings. The van der Waals surface area contributed by atoms with Gasteiger partial charge in [-0.2, -0.15) is 0 Å². The number of aliphatic carboxylic acids is 3. The molecule has 11 heterocycles. The van der Waals surface area contributed by atoms with Crippen LogP contribution in [0, 0.1) is 0 Å². The van der Waals surface area contributed by atoms with Gasteiger partial charge in [0.2, 0.25) is 0 Å². The van der Waals surface area contributed by atoms with Gasteiger partial charge in [-0.1, -0.05) is 128 Å². The molecule has 1 fully saturated rings. The smallest absolute Gasteiger partial charge is 0.354 e. The number of imidazole rings is 5. The van der Waals surface area contributed by atoms with Crippen molar-refractivity contribution in [3.05, 3.63) is 329 Å². The van der Waals surface area contributed by atoms with E-state index >= 15 is 0 Å². The number of carboxylic acid groups (broad SMARTS) is 4. The summed E-state index contributed by atoms with van der Waals surface area (Å²) in [5, 5.41) is 35.9. The van der Waals surface area contributed by atoms with Gasteiger partial charge >= 0.3 is 23.9 Å². The molecule has 0 radical (unpaired) electrons. The maximum atomic E-state index is 12.4. The van der Waals surface area contributed by atoms with Crippen LogP contribution >= 0.6 is 0 Å². The molecule has 0 unspecified atom stereocenters. The summed E-state index contributed by atoms with van der Waals surface area (Å²) < 4.78 is 29.6. The number of aryl methyl sites for hydroxylation is 2. The number of hydrogen-bond donors (Lipinski definition) is 14. The molecule has 0 spiro atoms. The number of carbonyl (C=O) groups is 4. The largest absolute Gasteiger partial charge is 0.493 e. The molecule has 750 valence electrons. The van der Waals surface area contributed by atoms with E-state index in [9.17, 15) is 43.2 Å². The Morgan fingerprint density at radius 2 is 0.685 bits per heavy atom. The Balaban J connectivity index is 0.000000127. The maximum absolute atomic E-state index is 12.4. The van der Waals surface area contributed by atoms with Crippen LogP contribution in [-0.4, -0.2) is 181 Å². The van der Waals surface area contributed by atoms with Crippen LogP contribution in [0.3, 0.4) is 0 Å². The van der Waals surface area contributed by atoms with E-state index in [1.807, 2.05) is 191 Å². The van der Waals surface area contributed by atoms with Gasteiger partial charge < -0.3 is 94.0 Å². The Labute approximate surface area is 845 Å². The first-order chi connectivity index (χ1) is 72.3. The lowest BCUT2D eigenvalue weighted by Crippen LogP contribution is -2.13. The molecular formula is C110H97N21O18. The van der Waals surface area contributed by atoms with Crippen molar-refractivity contribution in [1.29, 1.82) is 0 Å². The Morgan fingerprint density at radius 1 is 0.362 bits per heavy atom. The van der Waals surface area contributed by atoms with Gasteiger partial charge in [0.05, 0.1) is 92.0 Å². The second kappa shape index (κ2) is 46.1. The third-order valence-electron chi connectivity index (χ3n) is 23.9. The fourth-order valence-corrected chi connectivity index (χ4v) is 16.7. The van der Waals surface area contributed by atoms with Crippen LogP contribution in [0.4, 0.5) is 0 Å². The lowest BCUT2D eigenvalue weighted by Gasteiger charge is -2.17. The highest BCUT2D eigenvalue weighted by molar-refractivity contribution is 5.93. The van der Waals surface area contributed by atoms with Crippen LogP contribution in [0.2, 0.25) is 0 Å². The normalized spacial score (nSPS) is 11.8. The number of aromatic amines is 10. The van der Waals surface area contributed by atoms with Crippen LogP contribution in [0.25, 0.3) is 181 Å². The highest BCUT2D eigenvalue weighted by Gasteiger charge is 2.25. The zero-order valence-electron chi connectivity index (χ0n) is 81.0. The van der Waals surface area contributed by atoms with Gasteiger partial charge in [0.15, 0.2) is 55.8 Å². The number of aromatic nitrogens is 21. The van der Waals surface area contributed by atoms with E-state index in [2.05, 4.69) is 136 Å². The predicted molar refractivity (Wildman–Crippen MR) is 563 cm³/mol. The molecule has 20 aromatic rings. The predicted octanol–water partition coefficient (Wildman–Crippen LogP) is 18.1. The van der Waals surface area contributed by atoms with Crippen LogP contribution in [-0.2, 0) is 27.2 Å². The van der Waals surface area contributed by atoms with Crippen molar-refractivity contribution < 1.29 is 63.3 Å². The van der Waals surface area contributed by atoms with Crippen molar-refractivity contribution in [3.63, 3.8) is 0 Å². The van der Waals surface area contributed by atoms with Gasteiger partial charge in [-0.3, -0.25) is 28.8 Å². The zero-order chi connectivity index (χ0) is 104. The van der Waals surface area contributed by atoms with Gasteiger partial charge in [0.25, 0.3) is 27.8 Å². The highest BCUT2D eigenvalue weighted by Crippen LogP contribution is 2.41. The minimum atomic E-state index is -1.07. The molecule has 39 nitrogen and oxygen atoms in total. The molecule has 14 N–H and O–H groups in total. The Morgan fingerprint density at radius 3 is 1.03 bits per heavy atom. The van der Waals surface area contributed by atoms with E-state index in [-0.39, 0.29) is 51.6 Å². The number of aromatic carboxylic acids is 1. The number of hydrogen-bond acceptors (Lipinski definition) is 25. The summed E-state index contributed by atoms with van der Waals surface area (Å²) in [6, 6.07) is 62.8. The number of nitrogens with zero attached hydrogens (tertiary/aromatic N) is 11. The molecule has 1 aliphatic carbocycles. The summed E-state index contributed by atoms with van der Waals surface area (Å²) in [6.45, 7) is 13.1. The number of rotatable bonds is 29. The van der Waals surface area contributed by atoms with E-state index in [1.165, 1.54) is 55.5 Å². The van der Waals surface area contributed by atoms with E-state index in [0.29, 0.717) is 169 Å². The number of ether oxygens (including phenoxy) is 5. The average Bonchev–Trinajstić information content (AvgIpc) is 1.76. The summed E-state index contributed by atoms with van der Waals surface area (Å²) >= 11 is 0. The Hall–Kier alpha value is -19.8. The third-order valence-corrected chi connectivity index (χ3v) is 23.9. The molecule has 39 heteroatoms. The van der Waals surface area contributed by atoms with E-state index < -0.39 is 23.9 Å². The molecule has 0 bridgehead atoms. The molecule has 9 aromatic carbocycles. The molecule has 0 aliphatic heterocycles. The van der Waals surface area contributed by atoms with E-state index in [0.717, 1.165) is 116 Å². The van der Waals surface area contributed by atoms with Crippen LogP contribution < -0.4 is 51.5 Å². The fraction of sp³-hybridized carbons (Fsp3) is 0.164. The van der Waals surface area contributed by atoms with Gasteiger partial charge in [-0.05, 0) is 236 Å². The standard InChI is InChI=1S/C23H20N4O4.C22H19N5O4.C22H20N4O4.C22H18N4O4.C21H20N4O2/c1-3-31-18-11-16(15-6-4-5-14(10-15)9-13(2)23(29)30)7-8-17(18)20-26-21-19(22(28)27-20)24-12-25-21;28-21-18-20(25-11-24-18)26-19(27-21)15-7-5-12(9-17(15)31-14-3-1-2-4-14)13-6-8-16(22(29)30)23-10-13;2*1-2-30-17-11-15(14-5-3-4-13(10-14)6-9-18(27)28)7-8-16(17)20-25-21-19(22(29)26-20)23-12-24-21;1-3-13-6-5-7-14(10-13)15-8-9-16(17(11-15)27-4-2)19-24-20-18(21(26)25-19)22-12-23-20/h4-12H,3H2,1-2H3,(H,29,30)(H2,24,25,26,27,28);5-11,14H,1-4H2,(H,29,30)(H2,24,25,26,27,28);3-5,7-8,10-12H,2,6,9H2,1H3,(H,27,28)(H2,23,24,25,26,29);3-12H,2H2,1H3,(H,27,28)(H2,23,24,25,26,29);5-12H,3-4H2,1-2H3,(H2,22,23,24,25,26)/b13-9-;;;9-6+;. The van der Waals surface area contributed by atoms with Gasteiger partial charge in [-0.25, -0.2) is 69.2 Å². The van der Waals surface area contributed by atoms with Crippen LogP contribution in [0.1, 0.15) is 106 Å². The molecule has 149 heavy (non-hydrogen) atoms.